The Bertz CT molecular complexity index is 972. The van der Waals surface area contributed by atoms with Gasteiger partial charge in [0, 0.05) is 33.2 Å². The lowest BCUT2D eigenvalue weighted by Crippen LogP contribution is -2.71. The Hall–Kier alpha value is -2.72. The maximum Gasteiger partial charge on any atom is 0.302 e. The standard InChI is InChI=1S/C19H22N2O7S/c1-12(22)28-10-14-11-29(25,26)19-16(27-3)18(24)21(19)15(14)17(23)20(2)9-13-7-5-4-6-8-13/h4-8,16,19H,9-11H2,1-3H3. The van der Waals surface area contributed by atoms with Crippen LogP contribution in [0.5, 0.6) is 0 Å². The number of fused-ring (bicyclic) bond motifs is 1. The van der Waals surface area contributed by atoms with Gasteiger partial charge in [-0.2, -0.15) is 0 Å². The molecule has 1 saturated heterocycles. The lowest BCUT2D eigenvalue weighted by molar-refractivity contribution is -0.161. The number of likely N-dealkylation sites (N-methyl/N-ethyl adjacent to an activating group) is 1. The van der Waals surface area contributed by atoms with E-state index in [0.29, 0.717) is 0 Å². The summed E-state index contributed by atoms with van der Waals surface area (Å²) in [5.41, 5.74) is 0.877. The van der Waals surface area contributed by atoms with E-state index in [4.69, 9.17) is 9.47 Å². The van der Waals surface area contributed by atoms with E-state index in [1.807, 2.05) is 30.3 Å². The van der Waals surface area contributed by atoms with Crippen LogP contribution in [0.15, 0.2) is 41.6 Å². The van der Waals surface area contributed by atoms with Crippen molar-refractivity contribution >= 4 is 27.6 Å². The molecule has 29 heavy (non-hydrogen) atoms. The second kappa shape index (κ2) is 7.96. The Balaban J connectivity index is 1.98. The summed E-state index contributed by atoms with van der Waals surface area (Å²) in [5, 5.41) is -1.26. The smallest absolute Gasteiger partial charge is 0.302 e. The number of hydrogen-bond donors (Lipinski definition) is 0. The van der Waals surface area contributed by atoms with E-state index in [-0.39, 0.29) is 24.4 Å². The highest BCUT2D eigenvalue weighted by Crippen LogP contribution is 2.38. The molecule has 156 valence electrons. The zero-order chi connectivity index (χ0) is 21.3. The number of amides is 2. The monoisotopic (exact) mass is 422 g/mol. The summed E-state index contributed by atoms with van der Waals surface area (Å²) < 4.78 is 35.3. The van der Waals surface area contributed by atoms with Crippen LogP contribution in [0.1, 0.15) is 12.5 Å². The van der Waals surface area contributed by atoms with Gasteiger partial charge in [-0.25, -0.2) is 8.42 Å². The van der Waals surface area contributed by atoms with Crippen molar-refractivity contribution in [1.29, 1.82) is 0 Å². The number of esters is 1. The second-order valence-corrected chi connectivity index (χ2v) is 9.04. The summed E-state index contributed by atoms with van der Waals surface area (Å²) in [7, 11) is -1.00. The molecule has 0 N–H and O–H groups in total. The number of β-lactam (4-membered cyclic amide) rings is 1. The molecule has 2 amide bonds. The first kappa shape index (κ1) is 21.0. The van der Waals surface area contributed by atoms with Crippen LogP contribution in [0.4, 0.5) is 0 Å². The molecule has 2 aliphatic heterocycles. The van der Waals surface area contributed by atoms with Crippen LogP contribution in [0.2, 0.25) is 0 Å². The molecule has 2 unspecified atom stereocenters. The summed E-state index contributed by atoms with van der Waals surface area (Å²) in [6.45, 7) is 1.06. The predicted octanol–water partition coefficient (Wildman–Crippen LogP) is 0.0739. The highest BCUT2D eigenvalue weighted by Gasteiger charge is 2.60. The lowest BCUT2D eigenvalue weighted by Gasteiger charge is -2.49. The number of carbonyl (C=O) groups excluding carboxylic acids is 3. The summed E-state index contributed by atoms with van der Waals surface area (Å²) in [4.78, 5) is 39.3. The van der Waals surface area contributed by atoms with E-state index in [1.165, 1.54) is 18.9 Å². The highest BCUT2D eigenvalue weighted by atomic mass is 32.2. The molecule has 0 saturated carbocycles. The number of rotatable bonds is 6. The van der Waals surface area contributed by atoms with Gasteiger partial charge in [0.05, 0.1) is 5.75 Å². The van der Waals surface area contributed by atoms with Crippen LogP contribution >= 0.6 is 0 Å². The fraction of sp³-hybridized carbons (Fsp3) is 0.421. The SMILES string of the molecule is COC1C(=O)N2C(C(=O)N(C)Cc3ccccc3)=C(COC(C)=O)CS(=O)(=O)C12. The van der Waals surface area contributed by atoms with Gasteiger partial charge in [0.2, 0.25) is 0 Å². The van der Waals surface area contributed by atoms with Crippen LogP contribution in [-0.4, -0.2) is 74.0 Å². The fourth-order valence-corrected chi connectivity index (χ4v) is 5.48. The Morgan fingerprint density at radius 2 is 1.90 bits per heavy atom. The van der Waals surface area contributed by atoms with Gasteiger partial charge in [-0.15, -0.1) is 0 Å². The molecule has 2 heterocycles. The van der Waals surface area contributed by atoms with Crippen LogP contribution in [0, 0.1) is 0 Å². The molecule has 0 aromatic heterocycles. The molecule has 0 aliphatic carbocycles. The third-order valence-electron chi connectivity index (χ3n) is 4.83. The summed E-state index contributed by atoms with van der Waals surface area (Å²) >= 11 is 0. The highest BCUT2D eigenvalue weighted by molar-refractivity contribution is 7.92. The first-order valence-electron chi connectivity index (χ1n) is 8.89. The molecule has 0 radical (unpaired) electrons. The van der Waals surface area contributed by atoms with Crippen molar-refractivity contribution in [3.8, 4) is 0 Å². The quantitative estimate of drug-likeness (QED) is 0.471. The van der Waals surface area contributed by atoms with Crippen molar-refractivity contribution in [2.45, 2.75) is 24.9 Å². The van der Waals surface area contributed by atoms with Gasteiger partial charge in [-0.1, -0.05) is 30.3 Å². The summed E-state index contributed by atoms with van der Waals surface area (Å²) in [6, 6.07) is 9.23. The molecule has 10 heteroatoms. The van der Waals surface area contributed by atoms with E-state index in [0.717, 1.165) is 10.5 Å². The van der Waals surface area contributed by atoms with Crippen molar-refractivity contribution in [3.63, 3.8) is 0 Å². The third-order valence-corrected chi connectivity index (χ3v) is 6.77. The minimum absolute atomic E-state index is 0.0668. The first-order chi connectivity index (χ1) is 13.7. The topological polar surface area (TPSA) is 110 Å². The molecule has 0 spiro atoms. The molecule has 2 aliphatic rings. The zero-order valence-electron chi connectivity index (χ0n) is 16.3. The minimum Gasteiger partial charge on any atom is -0.461 e. The Labute approximate surface area is 168 Å². The molecule has 3 rings (SSSR count). The lowest BCUT2D eigenvalue weighted by atomic mass is 10.0. The van der Waals surface area contributed by atoms with E-state index >= 15 is 0 Å². The molecule has 1 aromatic rings. The van der Waals surface area contributed by atoms with Gasteiger partial charge in [-0.3, -0.25) is 19.3 Å². The van der Waals surface area contributed by atoms with Gasteiger partial charge in [0.15, 0.2) is 21.3 Å². The maximum atomic E-state index is 13.2. The Kier molecular flexibility index (Phi) is 5.76. The molecular weight excluding hydrogens is 400 g/mol. The van der Waals surface area contributed by atoms with Crippen molar-refractivity contribution < 1.29 is 32.3 Å². The van der Waals surface area contributed by atoms with E-state index < -0.39 is 44.9 Å². The number of hydrogen-bond acceptors (Lipinski definition) is 7. The van der Waals surface area contributed by atoms with Gasteiger partial charge >= 0.3 is 5.97 Å². The number of nitrogens with zero attached hydrogens (tertiary/aromatic N) is 2. The van der Waals surface area contributed by atoms with E-state index in [9.17, 15) is 22.8 Å². The van der Waals surface area contributed by atoms with Crippen molar-refractivity contribution in [2.75, 3.05) is 26.5 Å². The molecule has 0 bridgehead atoms. The zero-order valence-corrected chi connectivity index (χ0v) is 17.1. The minimum atomic E-state index is -3.81. The van der Waals surface area contributed by atoms with Gasteiger partial charge in [0.1, 0.15) is 12.3 Å². The van der Waals surface area contributed by atoms with E-state index in [2.05, 4.69) is 0 Å². The normalized spacial score (nSPS) is 22.6. The average molecular weight is 422 g/mol. The number of carbonyl (C=O) groups is 3. The van der Waals surface area contributed by atoms with E-state index in [1.54, 1.807) is 7.05 Å². The van der Waals surface area contributed by atoms with Crippen LogP contribution in [0.3, 0.4) is 0 Å². The molecular formula is C19H22N2O7S. The van der Waals surface area contributed by atoms with Crippen molar-refractivity contribution in [1.82, 2.24) is 9.80 Å². The number of methoxy groups -OCH3 is 1. The van der Waals surface area contributed by atoms with Crippen molar-refractivity contribution in [2.24, 2.45) is 0 Å². The van der Waals surface area contributed by atoms with Crippen LogP contribution in [0.25, 0.3) is 0 Å². The van der Waals surface area contributed by atoms with Crippen LogP contribution in [-0.2, 0) is 40.2 Å². The molecule has 1 aromatic carbocycles. The van der Waals surface area contributed by atoms with Crippen molar-refractivity contribution in [3.05, 3.63) is 47.2 Å². The number of sulfone groups is 1. The maximum absolute atomic E-state index is 13.2. The second-order valence-electron chi connectivity index (χ2n) is 6.94. The summed E-state index contributed by atoms with van der Waals surface area (Å²) in [5.74, 6) is -2.25. The number of ether oxygens (including phenoxy) is 2. The molecule has 1 fully saturated rings. The van der Waals surface area contributed by atoms with Crippen LogP contribution < -0.4 is 0 Å². The Morgan fingerprint density at radius 3 is 2.48 bits per heavy atom. The summed E-state index contributed by atoms with van der Waals surface area (Å²) in [6.07, 6.45) is -1.16. The Morgan fingerprint density at radius 1 is 1.24 bits per heavy atom. The predicted molar refractivity (Wildman–Crippen MR) is 102 cm³/mol. The third kappa shape index (κ3) is 3.90. The first-order valence-corrected chi connectivity index (χ1v) is 10.6. The average Bonchev–Trinajstić information content (AvgIpc) is 2.66. The van der Waals surface area contributed by atoms with Gasteiger partial charge < -0.3 is 14.4 Å². The molecule has 9 nitrogen and oxygen atoms in total. The fourth-order valence-electron chi connectivity index (χ4n) is 3.47. The number of benzene rings is 1. The largest absolute Gasteiger partial charge is 0.461 e. The molecule has 2 atom stereocenters. The van der Waals surface area contributed by atoms with Gasteiger partial charge in [0.25, 0.3) is 11.8 Å². The van der Waals surface area contributed by atoms with Gasteiger partial charge in [-0.05, 0) is 5.56 Å².